The van der Waals surface area contributed by atoms with E-state index in [1.54, 1.807) is 6.33 Å². The first-order valence-electron chi connectivity index (χ1n) is 6.99. The summed E-state index contributed by atoms with van der Waals surface area (Å²) in [5, 5.41) is 5.94. The number of nitrogens with one attached hydrogen (secondary N) is 3. The van der Waals surface area contributed by atoms with Crippen LogP contribution in [0.3, 0.4) is 0 Å². The molecule has 0 aliphatic heterocycles. The molecule has 3 rings (SSSR count). The van der Waals surface area contributed by atoms with Crippen molar-refractivity contribution in [2.45, 2.75) is 6.92 Å². The summed E-state index contributed by atoms with van der Waals surface area (Å²) in [6.45, 7) is 2.58. The van der Waals surface area contributed by atoms with Crippen molar-refractivity contribution >= 4 is 22.9 Å². The second-order valence-corrected chi connectivity index (χ2v) is 4.77. The number of fused-ring (bicyclic) bond motifs is 1. The summed E-state index contributed by atoms with van der Waals surface area (Å²) in [6, 6.07) is 9.74. The summed E-state index contributed by atoms with van der Waals surface area (Å²) < 4.78 is 0. The largest absolute Gasteiger partial charge is 0.366 e. The highest BCUT2D eigenvalue weighted by Crippen LogP contribution is 2.22. The minimum Gasteiger partial charge on any atom is -0.366 e. The second-order valence-electron chi connectivity index (χ2n) is 4.77. The number of aromatic amines is 1. The highest BCUT2D eigenvalue weighted by Gasteiger charge is 2.10. The van der Waals surface area contributed by atoms with Crippen molar-refractivity contribution in [2.24, 2.45) is 0 Å². The molecule has 22 heavy (non-hydrogen) atoms. The summed E-state index contributed by atoms with van der Waals surface area (Å²) >= 11 is 0. The van der Waals surface area contributed by atoms with Gasteiger partial charge in [-0.15, -0.1) is 0 Å². The van der Waals surface area contributed by atoms with Gasteiger partial charge in [0.25, 0.3) is 0 Å². The third-order valence-corrected chi connectivity index (χ3v) is 3.11. The number of amides is 1. The van der Waals surface area contributed by atoms with Crippen LogP contribution in [0.4, 0.5) is 5.82 Å². The van der Waals surface area contributed by atoms with Crippen LogP contribution in [0, 0.1) is 0 Å². The molecule has 2 heterocycles. The number of nitrogens with zero attached hydrogens (tertiary/aromatic N) is 3. The molecular weight excluding hydrogens is 280 g/mol. The quantitative estimate of drug-likeness (QED) is 0.621. The summed E-state index contributed by atoms with van der Waals surface area (Å²) in [5.74, 6) is 1.23. The van der Waals surface area contributed by atoms with E-state index in [0.717, 1.165) is 11.1 Å². The van der Waals surface area contributed by atoms with Crippen LogP contribution >= 0.6 is 0 Å². The Balaban J connectivity index is 1.88. The summed E-state index contributed by atoms with van der Waals surface area (Å²) in [5.41, 5.74) is 2.29. The molecule has 0 bridgehead atoms. The number of anilines is 1. The van der Waals surface area contributed by atoms with Gasteiger partial charge in [0.2, 0.25) is 5.91 Å². The highest BCUT2D eigenvalue weighted by atomic mass is 16.1. The van der Waals surface area contributed by atoms with Gasteiger partial charge >= 0.3 is 0 Å². The smallest absolute Gasteiger partial charge is 0.216 e. The Labute approximate surface area is 127 Å². The van der Waals surface area contributed by atoms with Gasteiger partial charge in [0.15, 0.2) is 17.3 Å². The van der Waals surface area contributed by atoms with Gasteiger partial charge in [0, 0.05) is 25.6 Å². The molecule has 0 fully saturated rings. The SMILES string of the molecule is CC(=O)NCCNc1nc(-c2ccccc2)nc2nc[nH]c12. The highest BCUT2D eigenvalue weighted by molar-refractivity contribution is 5.84. The van der Waals surface area contributed by atoms with Gasteiger partial charge in [0.1, 0.15) is 5.52 Å². The standard InChI is InChI=1S/C15H16N6O/c1-10(22)16-7-8-17-14-12-15(19-9-18-12)21-13(20-14)11-5-3-2-4-6-11/h2-6,9H,7-8H2,1H3,(H,16,22)(H2,17,18,19,20,21). The second kappa shape index (κ2) is 6.21. The van der Waals surface area contributed by atoms with Crippen LogP contribution in [0.2, 0.25) is 0 Å². The van der Waals surface area contributed by atoms with Gasteiger partial charge in [-0.05, 0) is 0 Å². The number of benzene rings is 1. The molecule has 0 spiro atoms. The van der Waals surface area contributed by atoms with Crippen molar-refractivity contribution in [2.75, 3.05) is 18.4 Å². The monoisotopic (exact) mass is 296 g/mol. The fourth-order valence-electron chi connectivity index (χ4n) is 2.10. The Bertz CT molecular complexity index is 783. The number of hydrogen-bond acceptors (Lipinski definition) is 5. The van der Waals surface area contributed by atoms with E-state index in [4.69, 9.17) is 0 Å². The Morgan fingerprint density at radius 2 is 2.00 bits per heavy atom. The Hall–Kier alpha value is -2.96. The zero-order valence-electron chi connectivity index (χ0n) is 12.1. The summed E-state index contributed by atoms with van der Waals surface area (Å²) in [6.07, 6.45) is 1.59. The van der Waals surface area contributed by atoms with E-state index in [0.29, 0.717) is 30.4 Å². The minimum absolute atomic E-state index is 0.0545. The van der Waals surface area contributed by atoms with E-state index in [2.05, 4.69) is 30.6 Å². The van der Waals surface area contributed by atoms with Crippen LogP contribution in [0.15, 0.2) is 36.7 Å². The average molecular weight is 296 g/mol. The molecular formula is C15H16N6O. The predicted octanol–water partition coefficient (Wildman–Crippen LogP) is 1.57. The van der Waals surface area contributed by atoms with E-state index in [9.17, 15) is 4.79 Å². The maximum atomic E-state index is 10.9. The van der Waals surface area contributed by atoms with Gasteiger partial charge < -0.3 is 15.6 Å². The normalized spacial score (nSPS) is 10.6. The first-order valence-corrected chi connectivity index (χ1v) is 6.99. The summed E-state index contributed by atoms with van der Waals surface area (Å²) in [4.78, 5) is 27.1. The Morgan fingerprint density at radius 1 is 1.18 bits per heavy atom. The number of aromatic nitrogens is 4. The number of hydrogen-bond donors (Lipinski definition) is 3. The third-order valence-electron chi connectivity index (χ3n) is 3.11. The molecule has 1 aromatic carbocycles. The fraction of sp³-hybridized carbons (Fsp3) is 0.200. The molecule has 3 N–H and O–H groups in total. The number of imidazole rings is 1. The first kappa shape index (κ1) is 14.0. The van der Waals surface area contributed by atoms with E-state index >= 15 is 0 Å². The van der Waals surface area contributed by atoms with Gasteiger partial charge in [-0.25, -0.2) is 15.0 Å². The number of rotatable bonds is 5. The van der Waals surface area contributed by atoms with Crippen LogP contribution in [0.1, 0.15) is 6.92 Å². The van der Waals surface area contributed by atoms with E-state index in [1.165, 1.54) is 6.92 Å². The van der Waals surface area contributed by atoms with Crippen LogP contribution in [0.5, 0.6) is 0 Å². The molecule has 0 aliphatic carbocycles. The molecule has 0 saturated carbocycles. The molecule has 0 radical (unpaired) electrons. The van der Waals surface area contributed by atoms with Crippen LogP contribution < -0.4 is 10.6 Å². The Kier molecular flexibility index (Phi) is 3.95. The van der Waals surface area contributed by atoms with Gasteiger partial charge in [-0.3, -0.25) is 4.79 Å². The van der Waals surface area contributed by atoms with Gasteiger partial charge in [0.05, 0.1) is 6.33 Å². The van der Waals surface area contributed by atoms with E-state index in [-0.39, 0.29) is 5.91 Å². The van der Waals surface area contributed by atoms with Crippen molar-refractivity contribution in [3.05, 3.63) is 36.7 Å². The number of carbonyl (C=O) groups is 1. The van der Waals surface area contributed by atoms with Crippen LogP contribution in [0.25, 0.3) is 22.6 Å². The average Bonchev–Trinajstić information content (AvgIpc) is 3.00. The van der Waals surface area contributed by atoms with Crippen molar-refractivity contribution in [1.82, 2.24) is 25.3 Å². The molecule has 2 aromatic heterocycles. The number of carbonyl (C=O) groups excluding carboxylic acids is 1. The van der Waals surface area contributed by atoms with Crippen molar-refractivity contribution < 1.29 is 4.79 Å². The topological polar surface area (TPSA) is 95.6 Å². The van der Waals surface area contributed by atoms with E-state index < -0.39 is 0 Å². The summed E-state index contributed by atoms with van der Waals surface area (Å²) in [7, 11) is 0. The molecule has 7 nitrogen and oxygen atoms in total. The maximum absolute atomic E-state index is 10.9. The molecule has 0 atom stereocenters. The Morgan fingerprint density at radius 3 is 2.77 bits per heavy atom. The van der Waals surface area contributed by atoms with E-state index in [1.807, 2.05) is 30.3 Å². The molecule has 3 aromatic rings. The molecule has 1 amide bonds. The van der Waals surface area contributed by atoms with Gasteiger partial charge in [-0.1, -0.05) is 30.3 Å². The fourth-order valence-corrected chi connectivity index (χ4v) is 2.10. The predicted molar refractivity (Wildman–Crippen MR) is 84.3 cm³/mol. The zero-order chi connectivity index (χ0) is 15.4. The lowest BCUT2D eigenvalue weighted by molar-refractivity contribution is -0.118. The third kappa shape index (κ3) is 3.03. The minimum atomic E-state index is -0.0545. The zero-order valence-corrected chi connectivity index (χ0v) is 12.1. The number of H-pyrrole nitrogens is 1. The molecule has 0 aliphatic rings. The molecule has 0 saturated heterocycles. The van der Waals surface area contributed by atoms with Crippen molar-refractivity contribution in [1.29, 1.82) is 0 Å². The van der Waals surface area contributed by atoms with Crippen LogP contribution in [-0.4, -0.2) is 38.9 Å². The van der Waals surface area contributed by atoms with Crippen molar-refractivity contribution in [3.63, 3.8) is 0 Å². The maximum Gasteiger partial charge on any atom is 0.216 e. The molecule has 0 unspecified atom stereocenters. The van der Waals surface area contributed by atoms with Crippen molar-refractivity contribution in [3.8, 4) is 11.4 Å². The lowest BCUT2D eigenvalue weighted by atomic mass is 10.2. The molecule has 112 valence electrons. The lowest BCUT2D eigenvalue weighted by Crippen LogP contribution is -2.26. The first-order chi connectivity index (χ1) is 10.7. The lowest BCUT2D eigenvalue weighted by Gasteiger charge is -2.08. The van der Waals surface area contributed by atoms with Crippen LogP contribution in [-0.2, 0) is 4.79 Å². The molecule has 7 heteroatoms. The van der Waals surface area contributed by atoms with Gasteiger partial charge in [-0.2, -0.15) is 0 Å².